The zero-order chi connectivity index (χ0) is 24.8. The van der Waals surface area contributed by atoms with E-state index in [2.05, 4.69) is 10.6 Å². The van der Waals surface area contributed by atoms with Crippen molar-refractivity contribution in [1.29, 1.82) is 0 Å². The molecule has 7 heteroatoms. The fraction of sp³-hybridized carbons (Fsp3) is 0.250. The number of anilines is 1. The van der Waals surface area contributed by atoms with E-state index in [0.29, 0.717) is 41.6 Å². The second-order valence-corrected chi connectivity index (χ2v) is 9.96. The van der Waals surface area contributed by atoms with Crippen molar-refractivity contribution < 1.29 is 14.4 Å². The van der Waals surface area contributed by atoms with E-state index < -0.39 is 0 Å². The minimum absolute atomic E-state index is 0.0924. The van der Waals surface area contributed by atoms with Gasteiger partial charge in [-0.15, -0.1) is 11.8 Å². The largest absolute Gasteiger partial charge is 0.352 e. The lowest BCUT2D eigenvalue weighted by molar-refractivity contribution is -0.128. The van der Waals surface area contributed by atoms with Crippen LogP contribution in [0.2, 0.25) is 0 Å². The lowest BCUT2D eigenvalue weighted by atomic mass is 10.1. The molecule has 3 aromatic carbocycles. The number of thioether (sulfide) groups is 1. The fourth-order valence-electron chi connectivity index (χ4n) is 3.86. The number of carbonyl (C=O) groups excluding carboxylic acids is 3. The van der Waals surface area contributed by atoms with Crippen molar-refractivity contribution in [3.8, 4) is 0 Å². The first kappa shape index (κ1) is 24.5. The van der Waals surface area contributed by atoms with Crippen LogP contribution in [0, 0.1) is 5.92 Å². The van der Waals surface area contributed by atoms with E-state index in [-0.39, 0.29) is 23.1 Å². The van der Waals surface area contributed by atoms with E-state index >= 15 is 0 Å². The highest BCUT2D eigenvalue weighted by molar-refractivity contribution is 8.00. The van der Waals surface area contributed by atoms with Gasteiger partial charge < -0.3 is 15.5 Å². The first-order valence-corrected chi connectivity index (χ1v) is 12.7. The van der Waals surface area contributed by atoms with E-state index in [1.165, 1.54) is 0 Å². The minimum Gasteiger partial charge on any atom is -0.352 e. The summed E-state index contributed by atoms with van der Waals surface area (Å²) < 4.78 is 0. The molecular formula is C28H29N3O3S. The highest BCUT2D eigenvalue weighted by Crippen LogP contribution is 2.39. The van der Waals surface area contributed by atoms with Crippen LogP contribution < -0.4 is 10.6 Å². The smallest absolute Gasteiger partial charge is 0.255 e. The number of para-hydroxylation sites is 1. The van der Waals surface area contributed by atoms with Gasteiger partial charge in [-0.2, -0.15) is 0 Å². The van der Waals surface area contributed by atoms with Gasteiger partial charge in [-0.05, 0) is 41.3 Å². The number of amides is 3. The summed E-state index contributed by atoms with van der Waals surface area (Å²) in [6.07, 6.45) is 0. The molecule has 0 saturated carbocycles. The number of benzene rings is 3. The van der Waals surface area contributed by atoms with Crippen LogP contribution in [-0.4, -0.2) is 34.9 Å². The van der Waals surface area contributed by atoms with Crippen LogP contribution in [0.5, 0.6) is 0 Å². The highest BCUT2D eigenvalue weighted by atomic mass is 32.2. The second-order valence-electron chi connectivity index (χ2n) is 8.90. The summed E-state index contributed by atoms with van der Waals surface area (Å²) in [6.45, 7) is 5.16. The lowest BCUT2D eigenvalue weighted by Gasteiger charge is -2.24. The standard InChI is InChI=1S/C28H29N3O3S/c1-19(2)16-29-27(34)23-10-6-7-11-24(23)30-26(33)21-12-14-22(15-13-21)28-31(25(32)18-35-28)17-20-8-4-3-5-9-20/h3-15,19,28H,16-18H2,1-2H3,(H,29,34)(H,30,33). The SMILES string of the molecule is CC(C)CNC(=O)c1ccccc1NC(=O)c1ccc(C2SCC(=O)N2Cc2ccccc2)cc1. The van der Waals surface area contributed by atoms with Gasteiger partial charge in [-0.25, -0.2) is 0 Å². The third-order valence-corrected chi connectivity index (χ3v) is 6.97. The maximum atomic E-state index is 12.9. The van der Waals surface area contributed by atoms with Gasteiger partial charge in [0.2, 0.25) is 5.91 Å². The number of nitrogens with one attached hydrogen (secondary N) is 2. The molecule has 1 saturated heterocycles. The van der Waals surface area contributed by atoms with Crippen LogP contribution in [0.4, 0.5) is 5.69 Å². The molecule has 1 unspecified atom stereocenters. The molecule has 4 rings (SSSR count). The molecule has 0 aromatic heterocycles. The summed E-state index contributed by atoms with van der Waals surface area (Å²) in [5.74, 6) is 0.368. The number of rotatable bonds is 8. The molecule has 1 aliphatic heterocycles. The molecule has 0 bridgehead atoms. The quantitative estimate of drug-likeness (QED) is 0.463. The van der Waals surface area contributed by atoms with Crippen molar-refractivity contribution in [3.63, 3.8) is 0 Å². The van der Waals surface area contributed by atoms with E-state index in [1.807, 2.05) is 61.2 Å². The van der Waals surface area contributed by atoms with Crippen molar-refractivity contribution in [3.05, 3.63) is 101 Å². The fourth-order valence-corrected chi connectivity index (χ4v) is 5.04. The van der Waals surface area contributed by atoms with Gasteiger partial charge in [-0.1, -0.05) is 68.4 Å². The van der Waals surface area contributed by atoms with Gasteiger partial charge in [0.05, 0.1) is 17.0 Å². The Morgan fingerprint density at radius 1 is 0.943 bits per heavy atom. The van der Waals surface area contributed by atoms with Gasteiger partial charge in [0, 0.05) is 18.7 Å². The molecule has 180 valence electrons. The Balaban J connectivity index is 1.45. The average molecular weight is 488 g/mol. The molecule has 0 radical (unpaired) electrons. The molecule has 35 heavy (non-hydrogen) atoms. The lowest BCUT2D eigenvalue weighted by Crippen LogP contribution is -2.28. The van der Waals surface area contributed by atoms with Crippen molar-refractivity contribution >= 4 is 35.2 Å². The summed E-state index contributed by atoms with van der Waals surface area (Å²) in [4.78, 5) is 39.9. The van der Waals surface area contributed by atoms with Crippen LogP contribution in [0.1, 0.15) is 51.1 Å². The van der Waals surface area contributed by atoms with Gasteiger partial charge >= 0.3 is 0 Å². The molecule has 3 amide bonds. The van der Waals surface area contributed by atoms with Crippen LogP contribution in [0.15, 0.2) is 78.9 Å². The summed E-state index contributed by atoms with van der Waals surface area (Å²) in [5.41, 5.74) is 3.43. The normalized spacial score (nSPS) is 15.3. The maximum absolute atomic E-state index is 12.9. The Bertz CT molecular complexity index is 1200. The van der Waals surface area contributed by atoms with Gasteiger partial charge in [0.25, 0.3) is 11.8 Å². The summed E-state index contributed by atoms with van der Waals surface area (Å²) in [5, 5.41) is 5.66. The number of carbonyl (C=O) groups is 3. The molecule has 1 atom stereocenters. The topological polar surface area (TPSA) is 78.5 Å². The van der Waals surface area contributed by atoms with Crippen LogP contribution >= 0.6 is 11.8 Å². The van der Waals surface area contributed by atoms with Crippen molar-refractivity contribution in [2.45, 2.75) is 25.8 Å². The molecule has 1 aliphatic rings. The Labute approximate surface area is 210 Å². The third-order valence-electron chi connectivity index (χ3n) is 5.71. The van der Waals surface area contributed by atoms with Gasteiger partial charge in [0.1, 0.15) is 5.37 Å². The van der Waals surface area contributed by atoms with Gasteiger partial charge in [-0.3, -0.25) is 14.4 Å². The summed E-state index contributed by atoms with van der Waals surface area (Å²) in [6, 6.07) is 24.2. The predicted octanol–water partition coefficient (Wildman–Crippen LogP) is 5.10. The molecule has 1 fully saturated rings. The Kier molecular flexibility index (Phi) is 7.87. The zero-order valence-corrected chi connectivity index (χ0v) is 20.7. The molecule has 1 heterocycles. The Hall–Kier alpha value is -3.58. The van der Waals surface area contributed by atoms with E-state index in [0.717, 1.165) is 11.1 Å². The molecule has 3 aromatic rings. The highest BCUT2D eigenvalue weighted by Gasteiger charge is 2.32. The van der Waals surface area contributed by atoms with Crippen molar-refractivity contribution in [1.82, 2.24) is 10.2 Å². The van der Waals surface area contributed by atoms with Crippen LogP contribution in [-0.2, 0) is 11.3 Å². The molecule has 0 aliphatic carbocycles. The zero-order valence-electron chi connectivity index (χ0n) is 19.9. The Morgan fingerprint density at radius 3 is 2.34 bits per heavy atom. The number of hydrogen-bond donors (Lipinski definition) is 2. The predicted molar refractivity (Wildman–Crippen MR) is 140 cm³/mol. The van der Waals surface area contributed by atoms with Gasteiger partial charge in [0.15, 0.2) is 0 Å². The molecule has 2 N–H and O–H groups in total. The van der Waals surface area contributed by atoms with Crippen molar-refractivity contribution in [2.24, 2.45) is 5.92 Å². The second kappa shape index (κ2) is 11.2. The molecule has 0 spiro atoms. The van der Waals surface area contributed by atoms with Crippen LogP contribution in [0.25, 0.3) is 0 Å². The molecule has 6 nitrogen and oxygen atoms in total. The van der Waals surface area contributed by atoms with E-state index in [9.17, 15) is 14.4 Å². The van der Waals surface area contributed by atoms with E-state index in [1.54, 1.807) is 48.2 Å². The first-order valence-electron chi connectivity index (χ1n) is 11.7. The Morgan fingerprint density at radius 2 is 1.63 bits per heavy atom. The summed E-state index contributed by atoms with van der Waals surface area (Å²) >= 11 is 1.59. The van der Waals surface area contributed by atoms with Crippen molar-refractivity contribution in [2.75, 3.05) is 17.6 Å². The summed E-state index contributed by atoms with van der Waals surface area (Å²) in [7, 11) is 0. The first-order chi connectivity index (χ1) is 16.9. The van der Waals surface area contributed by atoms with Crippen LogP contribution in [0.3, 0.4) is 0 Å². The third kappa shape index (κ3) is 6.11. The number of nitrogens with zero attached hydrogens (tertiary/aromatic N) is 1. The molecular weight excluding hydrogens is 458 g/mol. The number of hydrogen-bond acceptors (Lipinski definition) is 4. The minimum atomic E-state index is -0.294. The maximum Gasteiger partial charge on any atom is 0.255 e. The average Bonchev–Trinajstić information content (AvgIpc) is 3.23. The monoisotopic (exact) mass is 487 g/mol. The van der Waals surface area contributed by atoms with E-state index in [4.69, 9.17) is 0 Å².